The summed E-state index contributed by atoms with van der Waals surface area (Å²) in [6.07, 6.45) is -0.0273. The van der Waals surface area contributed by atoms with Gasteiger partial charge in [-0.05, 0) is 48.7 Å². The van der Waals surface area contributed by atoms with Crippen molar-refractivity contribution in [1.82, 2.24) is 0 Å². The molecule has 0 aromatic heterocycles. The standard InChI is InChI=1S/C24H25NO3/c1-3-22(24(26)25-21-12-8-9-13-23(21)27-4-2)28-20-16-14-19(15-17-20)18-10-6-5-7-11-18/h5-17,22H,3-4H2,1-2H3,(H,25,26). The highest BCUT2D eigenvalue weighted by Crippen LogP contribution is 2.25. The van der Waals surface area contributed by atoms with Crippen LogP contribution >= 0.6 is 0 Å². The number of carbonyl (C=O) groups is 1. The van der Waals surface area contributed by atoms with Gasteiger partial charge < -0.3 is 14.8 Å². The summed E-state index contributed by atoms with van der Waals surface area (Å²) in [5.74, 6) is 1.13. The normalized spacial score (nSPS) is 11.5. The van der Waals surface area contributed by atoms with Gasteiger partial charge in [0.15, 0.2) is 6.10 Å². The first-order valence-electron chi connectivity index (χ1n) is 9.56. The minimum Gasteiger partial charge on any atom is -0.492 e. The molecule has 3 rings (SSSR count). The molecule has 0 aliphatic rings. The second kappa shape index (κ2) is 9.60. The summed E-state index contributed by atoms with van der Waals surface area (Å²) in [6, 6.07) is 25.3. The molecule has 0 radical (unpaired) electrons. The molecule has 0 saturated carbocycles. The van der Waals surface area contributed by atoms with Crippen LogP contribution in [0.4, 0.5) is 5.69 Å². The van der Waals surface area contributed by atoms with Gasteiger partial charge in [-0.3, -0.25) is 4.79 Å². The van der Waals surface area contributed by atoms with E-state index in [-0.39, 0.29) is 5.91 Å². The number of ether oxygens (including phenoxy) is 2. The SMILES string of the molecule is CCOc1ccccc1NC(=O)C(CC)Oc1ccc(-c2ccccc2)cc1. The van der Waals surface area contributed by atoms with Crippen molar-refractivity contribution in [2.75, 3.05) is 11.9 Å². The molecule has 0 heterocycles. The van der Waals surface area contributed by atoms with Crippen molar-refractivity contribution < 1.29 is 14.3 Å². The zero-order valence-corrected chi connectivity index (χ0v) is 16.2. The van der Waals surface area contributed by atoms with Crippen LogP contribution in [0.1, 0.15) is 20.3 Å². The summed E-state index contributed by atoms with van der Waals surface area (Å²) in [4.78, 5) is 12.7. The number of hydrogen-bond acceptors (Lipinski definition) is 3. The lowest BCUT2D eigenvalue weighted by Crippen LogP contribution is -2.32. The average molecular weight is 375 g/mol. The van der Waals surface area contributed by atoms with Gasteiger partial charge in [0.05, 0.1) is 12.3 Å². The van der Waals surface area contributed by atoms with Crippen molar-refractivity contribution in [3.8, 4) is 22.6 Å². The molecule has 3 aromatic carbocycles. The molecule has 144 valence electrons. The second-order valence-electron chi connectivity index (χ2n) is 6.32. The minimum absolute atomic E-state index is 0.193. The average Bonchev–Trinajstić information content (AvgIpc) is 2.74. The minimum atomic E-state index is -0.586. The highest BCUT2D eigenvalue weighted by molar-refractivity contribution is 5.95. The van der Waals surface area contributed by atoms with Crippen LogP contribution in [0.25, 0.3) is 11.1 Å². The van der Waals surface area contributed by atoms with E-state index in [1.165, 1.54) is 0 Å². The smallest absolute Gasteiger partial charge is 0.265 e. The molecule has 0 spiro atoms. The molecule has 0 aliphatic heterocycles. The van der Waals surface area contributed by atoms with Crippen molar-refractivity contribution in [2.45, 2.75) is 26.4 Å². The van der Waals surface area contributed by atoms with Crippen LogP contribution in [0.15, 0.2) is 78.9 Å². The number of para-hydroxylation sites is 2. The Kier molecular flexibility index (Phi) is 6.68. The fourth-order valence-corrected chi connectivity index (χ4v) is 2.91. The third-order valence-corrected chi connectivity index (χ3v) is 4.35. The highest BCUT2D eigenvalue weighted by atomic mass is 16.5. The molecule has 0 aliphatic carbocycles. The third-order valence-electron chi connectivity index (χ3n) is 4.35. The first kappa shape index (κ1) is 19.5. The lowest BCUT2D eigenvalue weighted by Gasteiger charge is -2.18. The number of amides is 1. The highest BCUT2D eigenvalue weighted by Gasteiger charge is 2.20. The molecule has 1 unspecified atom stereocenters. The Bertz CT molecular complexity index is 891. The van der Waals surface area contributed by atoms with Gasteiger partial charge in [-0.2, -0.15) is 0 Å². The fraction of sp³-hybridized carbons (Fsp3) is 0.208. The van der Waals surface area contributed by atoms with Gasteiger partial charge in [0.1, 0.15) is 11.5 Å². The molecule has 4 nitrogen and oxygen atoms in total. The predicted molar refractivity (Wildman–Crippen MR) is 113 cm³/mol. The Morgan fingerprint density at radius 2 is 1.50 bits per heavy atom. The molecule has 0 fully saturated rings. The van der Waals surface area contributed by atoms with E-state index in [0.29, 0.717) is 30.2 Å². The zero-order chi connectivity index (χ0) is 19.8. The Balaban J connectivity index is 1.67. The summed E-state index contributed by atoms with van der Waals surface area (Å²) in [6.45, 7) is 4.38. The molecule has 3 aromatic rings. The third kappa shape index (κ3) is 4.92. The van der Waals surface area contributed by atoms with E-state index in [4.69, 9.17) is 9.47 Å². The van der Waals surface area contributed by atoms with E-state index in [1.807, 2.05) is 80.6 Å². The Morgan fingerprint density at radius 3 is 2.18 bits per heavy atom. The van der Waals surface area contributed by atoms with Gasteiger partial charge >= 0.3 is 0 Å². The lowest BCUT2D eigenvalue weighted by atomic mass is 10.1. The van der Waals surface area contributed by atoms with Crippen molar-refractivity contribution >= 4 is 11.6 Å². The molecule has 4 heteroatoms. The van der Waals surface area contributed by atoms with E-state index in [2.05, 4.69) is 17.4 Å². The molecule has 0 bridgehead atoms. The molecular formula is C24H25NO3. The zero-order valence-electron chi connectivity index (χ0n) is 16.2. The van der Waals surface area contributed by atoms with Gasteiger partial charge in [-0.15, -0.1) is 0 Å². The summed E-state index contributed by atoms with van der Waals surface area (Å²) in [5.41, 5.74) is 2.90. The maximum atomic E-state index is 12.7. The van der Waals surface area contributed by atoms with Crippen LogP contribution in [0, 0.1) is 0 Å². The maximum Gasteiger partial charge on any atom is 0.265 e. The number of benzene rings is 3. The van der Waals surface area contributed by atoms with Crippen LogP contribution in [-0.4, -0.2) is 18.6 Å². The van der Waals surface area contributed by atoms with Crippen molar-refractivity contribution in [3.05, 3.63) is 78.9 Å². The number of anilines is 1. The largest absolute Gasteiger partial charge is 0.492 e. The first-order chi connectivity index (χ1) is 13.7. The van der Waals surface area contributed by atoms with Crippen LogP contribution in [-0.2, 0) is 4.79 Å². The Morgan fingerprint density at radius 1 is 0.857 bits per heavy atom. The lowest BCUT2D eigenvalue weighted by molar-refractivity contribution is -0.122. The molecule has 0 saturated heterocycles. The molecule has 1 atom stereocenters. The van der Waals surface area contributed by atoms with E-state index in [0.717, 1.165) is 11.1 Å². The van der Waals surface area contributed by atoms with Crippen molar-refractivity contribution in [1.29, 1.82) is 0 Å². The Hall–Kier alpha value is -3.27. The van der Waals surface area contributed by atoms with Gasteiger partial charge in [0.2, 0.25) is 0 Å². The summed E-state index contributed by atoms with van der Waals surface area (Å²) < 4.78 is 11.5. The number of hydrogen-bond donors (Lipinski definition) is 1. The van der Waals surface area contributed by atoms with Crippen LogP contribution < -0.4 is 14.8 Å². The van der Waals surface area contributed by atoms with Gasteiger partial charge in [-0.1, -0.05) is 61.5 Å². The molecule has 1 amide bonds. The monoisotopic (exact) mass is 375 g/mol. The number of rotatable bonds is 8. The second-order valence-corrected chi connectivity index (χ2v) is 6.32. The molecule has 28 heavy (non-hydrogen) atoms. The maximum absolute atomic E-state index is 12.7. The van der Waals surface area contributed by atoms with Gasteiger partial charge in [-0.25, -0.2) is 0 Å². The van der Waals surface area contributed by atoms with Crippen LogP contribution in [0.3, 0.4) is 0 Å². The number of nitrogens with one attached hydrogen (secondary N) is 1. The van der Waals surface area contributed by atoms with Gasteiger partial charge in [0, 0.05) is 0 Å². The summed E-state index contributed by atoms with van der Waals surface area (Å²) in [7, 11) is 0. The quantitative estimate of drug-likeness (QED) is 0.562. The summed E-state index contributed by atoms with van der Waals surface area (Å²) >= 11 is 0. The van der Waals surface area contributed by atoms with Crippen molar-refractivity contribution in [2.24, 2.45) is 0 Å². The van der Waals surface area contributed by atoms with Crippen LogP contribution in [0.5, 0.6) is 11.5 Å². The van der Waals surface area contributed by atoms with Crippen LogP contribution in [0.2, 0.25) is 0 Å². The first-order valence-corrected chi connectivity index (χ1v) is 9.56. The van der Waals surface area contributed by atoms with Crippen molar-refractivity contribution in [3.63, 3.8) is 0 Å². The topological polar surface area (TPSA) is 47.6 Å². The number of carbonyl (C=O) groups excluding carboxylic acids is 1. The van der Waals surface area contributed by atoms with Gasteiger partial charge in [0.25, 0.3) is 5.91 Å². The predicted octanol–water partition coefficient (Wildman–Crippen LogP) is 5.55. The fourth-order valence-electron chi connectivity index (χ4n) is 2.91. The Labute approximate surface area is 166 Å². The molecular weight excluding hydrogens is 350 g/mol. The van der Waals surface area contributed by atoms with E-state index < -0.39 is 6.10 Å². The van der Waals surface area contributed by atoms with E-state index in [1.54, 1.807) is 0 Å². The summed E-state index contributed by atoms with van der Waals surface area (Å²) in [5, 5.41) is 2.91. The van der Waals surface area contributed by atoms with E-state index in [9.17, 15) is 4.79 Å². The molecule has 1 N–H and O–H groups in total. The van der Waals surface area contributed by atoms with E-state index >= 15 is 0 Å².